The first kappa shape index (κ1) is 21.2. The lowest BCUT2D eigenvalue weighted by molar-refractivity contribution is -0.130. The van der Waals surface area contributed by atoms with Crippen molar-refractivity contribution >= 4 is 40.0 Å². The molecule has 0 saturated heterocycles. The molecule has 33 heavy (non-hydrogen) atoms. The molecule has 0 fully saturated rings. The molecule has 1 unspecified atom stereocenters. The van der Waals surface area contributed by atoms with Gasteiger partial charge in [0.25, 0.3) is 0 Å². The van der Waals surface area contributed by atoms with Crippen LogP contribution in [0.5, 0.6) is 5.75 Å². The van der Waals surface area contributed by atoms with Crippen LogP contribution < -0.4 is 4.74 Å². The highest BCUT2D eigenvalue weighted by atomic mass is 35.5. The molecule has 1 amide bonds. The Kier molecular flexibility index (Phi) is 5.40. The van der Waals surface area contributed by atoms with Crippen LogP contribution in [-0.2, 0) is 17.9 Å². The van der Waals surface area contributed by atoms with Crippen molar-refractivity contribution in [2.75, 3.05) is 0 Å². The summed E-state index contributed by atoms with van der Waals surface area (Å²) < 4.78 is 6.12. The van der Waals surface area contributed by atoms with Crippen molar-refractivity contribution in [1.82, 2.24) is 30.0 Å². The van der Waals surface area contributed by atoms with Crippen molar-refractivity contribution in [1.29, 1.82) is 5.26 Å². The summed E-state index contributed by atoms with van der Waals surface area (Å²) in [5, 5.41) is 17.9. The number of nitrogens with zero attached hydrogens (tertiary/aromatic N) is 5. The largest absolute Gasteiger partial charge is 0.486 e. The Balaban J connectivity index is 1.41. The number of pyridine rings is 1. The molecule has 3 aromatic heterocycles. The zero-order chi connectivity index (χ0) is 23.1. The van der Waals surface area contributed by atoms with Crippen molar-refractivity contribution in [2.45, 2.75) is 32.5 Å². The number of aromatic nitrogens is 5. The van der Waals surface area contributed by atoms with Crippen molar-refractivity contribution in [3.63, 3.8) is 0 Å². The topological polar surface area (TPSA) is 124 Å². The van der Waals surface area contributed by atoms with E-state index in [1.165, 1.54) is 12.4 Å². The summed E-state index contributed by atoms with van der Waals surface area (Å²) in [5.41, 5.74) is 3.75. The summed E-state index contributed by atoms with van der Waals surface area (Å²) in [4.78, 5) is 25.5. The summed E-state index contributed by atoms with van der Waals surface area (Å²) in [6, 6.07) is 7.48. The number of hydrogen-bond acceptors (Lipinski definition) is 6. The Morgan fingerprint density at radius 2 is 2.09 bits per heavy atom. The predicted octanol–water partition coefficient (Wildman–Crippen LogP) is 4.55. The first-order valence-corrected chi connectivity index (χ1v) is 10.9. The fourth-order valence-corrected chi connectivity index (χ4v) is 4.59. The molecule has 0 saturated carbocycles. The number of imidazole rings is 1. The molecule has 4 aromatic rings. The molecule has 0 aliphatic carbocycles. The summed E-state index contributed by atoms with van der Waals surface area (Å²) in [5.74, 6) is 1.01. The summed E-state index contributed by atoms with van der Waals surface area (Å²) >= 11 is 12.5. The Labute approximate surface area is 198 Å². The first-order valence-electron chi connectivity index (χ1n) is 10.1. The second kappa shape index (κ2) is 8.39. The average Bonchev–Trinajstić information content (AvgIpc) is 3.46. The molecule has 0 radical (unpaired) electrons. The number of carbonyl (C=O) groups is 1. The van der Waals surface area contributed by atoms with E-state index in [4.69, 9.17) is 33.2 Å². The highest BCUT2D eigenvalue weighted by Gasteiger charge is 2.28. The van der Waals surface area contributed by atoms with Gasteiger partial charge in [-0.3, -0.25) is 14.9 Å². The van der Waals surface area contributed by atoms with E-state index in [0.717, 1.165) is 22.3 Å². The van der Waals surface area contributed by atoms with Crippen molar-refractivity contribution in [3.05, 3.63) is 57.6 Å². The Morgan fingerprint density at radius 3 is 2.82 bits per heavy atom. The van der Waals surface area contributed by atoms with Crippen LogP contribution in [0.25, 0.3) is 22.4 Å². The average molecular weight is 482 g/mol. The number of carbonyl (C=O) groups excluding carboxylic acids is 1. The van der Waals surface area contributed by atoms with E-state index >= 15 is 0 Å². The number of rotatable bonds is 5. The number of aromatic amines is 2. The minimum atomic E-state index is -0.398. The molecule has 2 N–H and O–H groups in total. The van der Waals surface area contributed by atoms with E-state index in [1.54, 1.807) is 4.90 Å². The maximum Gasteiger partial charge on any atom is 0.237 e. The second-order valence-corrected chi connectivity index (χ2v) is 8.47. The normalized spacial score (nSPS) is 13.7. The highest BCUT2D eigenvalue weighted by Crippen LogP contribution is 2.35. The smallest absolute Gasteiger partial charge is 0.237 e. The number of benzene rings is 1. The number of nitriles is 1. The number of ether oxygens (including phenoxy) is 1. The molecule has 4 heterocycles. The van der Waals surface area contributed by atoms with Crippen molar-refractivity contribution < 1.29 is 9.53 Å². The van der Waals surface area contributed by atoms with Crippen LogP contribution in [-0.4, -0.2) is 36.0 Å². The molecule has 9 nitrogen and oxygen atoms in total. The number of H-pyrrole nitrogens is 2. The van der Waals surface area contributed by atoms with E-state index in [1.807, 2.05) is 31.2 Å². The molecule has 1 atom stereocenters. The van der Waals surface area contributed by atoms with Gasteiger partial charge in [0.2, 0.25) is 5.91 Å². The molecule has 166 valence electrons. The Bertz CT molecular complexity index is 1380. The summed E-state index contributed by atoms with van der Waals surface area (Å²) in [6.07, 6.45) is 2.53. The van der Waals surface area contributed by atoms with Gasteiger partial charge in [-0.1, -0.05) is 23.2 Å². The zero-order valence-corrected chi connectivity index (χ0v) is 18.9. The minimum absolute atomic E-state index is 0.141. The van der Waals surface area contributed by atoms with Crippen LogP contribution >= 0.6 is 23.2 Å². The zero-order valence-electron chi connectivity index (χ0n) is 17.4. The van der Waals surface area contributed by atoms with Crippen LogP contribution in [0, 0.1) is 11.3 Å². The highest BCUT2D eigenvalue weighted by molar-refractivity contribution is 6.35. The fourth-order valence-electron chi connectivity index (χ4n) is 3.92. The Hall–Kier alpha value is -3.61. The van der Waals surface area contributed by atoms with E-state index in [-0.39, 0.29) is 12.3 Å². The summed E-state index contributed by atoms with van der Waals surface area (Å²) in [7, 11) is 0. The quantitative estimate of drug-likeness (QED) is 0.430. The van der Waals surface area contributed by atoms with E-state index in [0.29, 0.717) is 46.0 Å². The van der Waals surface area contributed by atoms with Gasteiger partial charge in [-0.15, -0.1) is 0 Å². The van der Waals surface area contributed by atoms with Crippen molar-refractivity contribution in [3.8, 4) is 23.3 Å². The van der Waals surface area contributed by atoms with Crippen molar-refractivity contribution in [2.24, 2.45) is 0 Å². The third-order valence-electron chi connectivity index (χ3n) is 5.51. The monoisotopic (exact) mass is 481 g/mol. The first-order chi connectivity index (χ1) is 15.9. The molecule has 11 heteroatoms. The van der Waals surface area contributed by atoms with Crippen LogP contribution in [0.2, 0.25) is 10.0 Å². The lowest BCUT2D eigenvalue weighted by Crippen LogP contribution is -2.25. The van der Waals surface area contributed by atoms with Gasteiger partial charge < -0.3 is 14.6 Å². The van der Waals surface area contributed by atoms with Crippen LogP contribution in [0.4, 0.5) is 0 Å². The van der Waals surface area contributed by atoms with Gasteiger partial charge in [0.15, 0.2) is 5.82 Å². The third-order valence-corrected chi connectivity index (χ3v) is 6.11. The van der Waals surface area contributed by atoms with Gasteiger partial charge in [-0.25, -0.2) is 4.98 Å². The molecular weight excluding hydrogens is 465 g/mol. The maximum absolute atomic E-state index is 12.0. The fraction of sp³-hybridized carbons (Fsp3) is 0.227. The lowest BCUT2D eigenvalue weighted by Gasteiger charge is -2.17. The number of halogens is 2. The van der Waals surface area contributed by atoms with Crippen LogP contribution in [0.1, 0.15) is 36.4 Å². The van der Waals surface area contributed by atoms with Gasteiger partial charge in [0.1, 0.15) is 24.0 Å². The van der Waals surface area contributed by atoms with Crippen LogP contribution in [0.15, 0.2) is 30.6 Å². The molecular formula is C22H17Cl2N7O2. The van der Waals surface area contributed by atoms with E-state index in [2.05, 4.69) is 25.1 Å². The molecule has 1 aliphatic heterocycles. The van der Waals surface area contributed by atoms with E-state index in [9.17, 15) is 4.79 Å². The number of amides is 1. The van der Waals surface area contributed by atoms with E-state index < -0.39 is 6.10 Å². The molecule has 1 aromatic carbocycles. The van der Waals surface area contributed by atoms with Gasteiger partial charge in [-0.2, -0.15) is 10.4 Å². The lowest BCUT2D eigenvalue weighted by atomic mass is 10.1. The standard InChI is InChI=1S/C22H17Cl2N7O2/c1-11(20-14(23)7-26-8-15(20)24)33-12-2-3-16-13(6-12)21(30-29-16)22-27-17-9-31(10-18(17)28-22)19(32)4-5-25/h2-3,6-8,11H,4,9-10H2,1H3,(H,27,28)(H,29,30). The minimum Gasteiger partial charge on any atom is -0.486 e. The van der Waals surface area contributed by atoms with Gasteiger partial charge >= 0.3 is 0 Å². The molecule has 0 bridgehead atoms. The van der Waals surface area contributed by atoms with Gasteiger partial charge in [-0.05, 0) is 25.1 Å². The third kappa shape index (κ3) is 3.88. The molecule has 0 spiro atoms. The van der Waals surface area contributed by atoms with Gasteiger partial charge in [0.05, 0.1) is 46.1 Å². The second-order valence-electron chi connectivity index (χ2n) is 7.65. The maximum atomic E-state index is 12.0. The van der Waals surface area contributed by atoms with Gasteiger partial charge in [0, 0.05) is 23.3 Å². The number of fused-ring (bicyclic) bond motifs is 2. The SMILES string of the molecule is CC(Oc1ccc2[nH]nc(-c3nc4c([nH]3)CN(C(=O)CC#N)C4)c2c1)c1c(Cl)cncc1Cl. The molecule has 5 rings (SSSR count). The summed E-state index contributed by atoms with van der Waals surface area (Å²) in [6.45, 7) is 2.63. The number of nitrogens with one attached hydrogen (secondary N) is 2. The predicted molar refractivity (Wildman–Crippen MR) is 121 cm³/mol. The number of hydrogen-bond donors (Lipinski definition) is 2. The van der Waals surface area contributed by atoms with Crippen LogP contribution in [0.3, 0.4) is 0 Å². The molecule has 1 aliphatic rings. The Morgan fingerprint density at radius 1 is 1.30 bits per heavy atom.